The first-order valence-corrected chi connectivity index (χ1v) is 12.2. The smallest absolute Gasteiger partial charge is 0.329 e. The number of hydrogen-bond acceptors (Lipinski definition) is 7. The van der Waals surface area contributed by atoms with Crippen molar-refractivity contribution in [2.45, 2.75) is 51.3 Å². The second-order valence-electron chi connectivity index (χ2n) is 9.73. The van der Waals surface area contributed by atoms with Crippen molar-refractivity contribution in [2.24, 2.45) is 5.73 Å². The van der Waals surface area contributed by atoms with Gasteiger partial charge in [0.05, 0.1) is 17.3 Å². The van der Waals surface area contributed by atoms with Crippen LogP contribution in [0, 0.1) is 0 Å². The number of nitrogens with zero attached hydrogens (tertiary/aromatic N) is 1. The van der Waals surface area contributed by atoms with Crippen LogP contribution in [0.1, 0.15) is 50.8 Å². The molecule has 0 aromatic heterocycles. The summed E-state index contributed by atoms with van der Waals surface area (Å²) >= 11 is 0. The van der Waals surface area contributed by atoms with Gasteiger partial charge in [-0.2, -0.15) is 0 Å². The van der Waals surface area contributed by atoms with Gasteiger partial charge in [-0.25, -0.2) is 14.4 Å². The summed E-state index contributed by atoms with van der Waals surface area (Å²) < 4.78 is 5.45. The fourth-order valence-electron chi connectivity index (χ4n) is 4.02. The molecule has 2 aromatic carbocycles. The van der Waals surface area contributed by atoms with Crippen LogP contribution in [0.2, 0.25) is 0 Å². The van der Waals surface area contributed by atoms with Crippen molar-refractivity contribution in [3.05, 3.63) is 107 Å². The summed E-state index contributed by atoms with van der Waals surface area (Å²) in [5.74, 6) is 2.16. The van der Waals surface area contributed by atoms with E-state index in [1.165, 1.54) is 6.08 Å². The van der Waals surface area contributed by atoms with Crippen LogP contribution in [0.25, 0.3) is 0 Å². The normalized spacial score (nSPS) is 13.7. The minimum atomic E-state index is -1.11. The Balaban J connectivity index is 1.92. The van der Waals surface area contributed by atoms with Gasteiger partial charge in [0.2, 0.25) is 0 Å². The number of ether oxygens (including phenoxy) is 1. The highest BCUT2D eigenvalue weighted by molar-refractivity contribution is 6.02. The van der Waals surface area contributed by atoms with Crippen molar-refractivity contribution in [1.82, 2.24) is 10.2 Å². The first kappa shape index (κ1) is 27.9. The zero-order valence-electron chi connectivity index (χ0n) is 21.6. The summed E-state index contributed by atoms with van der Waals surface area (Å²) in [4.78, 5) is 51.1. The van der Waals surface area contributed by atoms with Gasteiger partial charge in [-0.15, -0.1) is 0 Å². The molecule has 3 N–H and O–H groups in total. The third-order valence-electron chi connectivity index (χ3n) is 5.70. The number of carbonyl (C=O) groups is 2. The third-order valence-corrected chi connectivity index (χ3v) is 5.70. The van der Waals surface area contributed by atoms with Crippen LogP contribution in [-0.2, 0) is 23.9 Å². The lowest BCUT2D eigenvalue weighted by atomic mass is 9.94. The van der Waals surface area contributed by atoms with Gasteiger partial charge in [0.15, 0.2) is 5.94 Å². The monoisotopic (exact) mass is 513 g/mol. The molecule has 1 unspecified atom stereocenters. The number of benzene rings is 2. The Hall–Kier alpha value is -4.64. The largest absolute Gasteiger partial charge is 0.458 e. The maximum Gasteiger partial charge on any atom is 0.329 e. The van der Waals surface area contributed by atoms with Gasteiger partial charge in [-0.05, 0) is 50.5 Å². The molecule has 0 saturated heterocycles. The molecule has 1 amide bonds. The molecule has 2 aromatic rings. The van der Waals surface area contributed by atoms with Crippen molar-refractivity contribution in [3.8, 4) is 0 Å². The highest BCUT2D eigenvalue weighted by Gasteiger charge is 2.33. The molecule has 38 heavy (non-hydrogen) atoms. The lowest BCUT2D eigenvalue weighted by Gasteiger charge is -2.34. The summed E-state index contributed by atoms with van der Waals surface area (Å²) in [6, 6.07) is 17.6. The zero-order chi connectivity index (χ0) is 27.7. The number of rotatable bonds is 9. The number of hydrogen-bond donors (Lipinski definition) is 2. The third kappa shape index (κ3) is 7.20. The van der Waals surface area contributed by atoms with E-state index in [1.807, 2.05) is 66.6 Å². The van der Waals surface area contributed by atoms with Gasteiger partial charge in [0, 0.05) is 12.6 Å². The lowest BCUT2D eigenvalue weighted by Crippen LogP contribution is -2.45. The Kier molecular flexibility index (Phi) is 9.23. The van der Waals surface area contributed by atoms with Crippen molar-refractivity contribution < 1.29 is 23.9 Å². The van der Waals surface area contributed by atoms with Crippen LogP contribution in [0.4, 0.5) is 0 Å². The van der Waals surface area contributed by atoms with E-state index in [0.717, 1.165) is 11.1 Å². The van der Waals surface area contributed by atoms with E-state index in [9.17, 15) is 19.2 Å². The predicted molar refractivity (Wildman–Crippen MR) is 143 cm³/mol. The number of carbonyl (C=O) groups excluding carboxylic acids is 4. The summed E-state index contributed by atoms with van der Waals surface area (Å²) in [7, 11) is 0. The molecule has 196 valence electrons. The zero-order valence-corrected chi connectivity index (χ0v) is 21.6. The Morgan fingerprint density at radius 1 is 1.00 bits per heavy atom. The Morgan fingerprint density at radius 3 is 2.08 bits per heavy atom. The molecule has 0 saturated carbocycles. The summed E-state index contributed by atoms with van der Waals surface area (Å²) in [5.41, 5.74) is 6.54. The van der Waals surface area contributed by atoms with Crippen LogP contribution < -0.4 is 11.1 Å². The van der Waals surface area contributed by atoms with Gasteiger partial charge in [0.25, 0.3) is 5.91 Å². The molecule has 1 aliphatic heterocycles. The molecule has 0 radical (unpaired) electrons. The average molecular weight is 514 g/mol. The van der Waals surface area contributed by atoms with Gasteiger partial charge >= 0.3 is 5.97 Å². The first-order chi connectivity index (χ1) is 18.1. The fraction of sp³-hybridized carbons (Fsp3) is 0.267. The maximum atomic E-state index is 13.4. The Bertz CT molecular complexity index is 1270. The van der Waals surface area contributed by atoms with E-state index in [0.29, 0.717) is 0 Å². The highest BCUT2D eigenvalue weighted by Crippen LogP contribution is 2.35. The molecule has 1 aliphatic rings. The molecule has 1 atom stereocenters. The van der Waals surface area contributed by atoms with Crippen LogP contribution in [-0.4, -0.2) is 40.3 Å². The average Bonchev–Trinajstić information content (AvgIpc) is 2.90. The molecule has 0 spiro atoms. The van der Waals surface area contributed by atoms with E-state index in [4.69, 9.17) is 10.5 Å². The van der Waals surface area contributed by atoms with Crippen LogP contribution in [0.3, 0.4) is 0 Å². The number of esters is 1. The molecule has 1 heterocycles. The second-order valence-corrected chi connectivity index (χ2v) is 9.73. The van der Waals surface area contributed by atoms with Crippen LogP contribution >= 0.6 is 0 Å². The standard InChI is InChI=1S/C30H31N3O5/c1-30(2,3)38-29(37)25(17-16-23(31)19-34)32-28(36)24-15-10-18-33(26(24)20-35)27(21-11-6-4-7-12-21)22-13-8-5-9-14-22/h4-15,18,25,27H,16-17,31H2,1-3H3,(H,32,36). The topological polar surface area (TPSA) is 119 Å². The quantitative estimate of drug-likeness (QED) is 0.389. The van der Waals surface area contributed by atoms with E-state index < -0.39 is 29.6 Å². The lowest BCUT2D eigenvalue weighted by molar-refractivity contribution is -0.158. The predicted octanol–water partition coefficient (Wildman–Crippen LogP) is 3.53. The molecule has 0 aliphatic carbocycles. The number of nitrogens with two attached hydrogens (primary N) is 1. The second kappa shape index (κ2) is 12.5. The minimum absolute atomic E-state index is 0.0120. The molecular weight excluding hydrogens is 482 g/mol. The maximum absolute atomic E-state index is 13.4. The fourth-order valence-corrected chi connectivity index (χ4v) is 4.02. The van der Waals surface area contributed by atoms with Gasteiger partial charge < -0.3 is 20.7 Å². The van der Waals surface area contributed by atoms with Gasteiger partial charge in [-0.1, -0.05) is 60.7 Å². The highest BCUT2D eigenvalue weighted by atomic mass is 16.6. The Morgan fingerprint density at radius 2 is 1.58 bits per heavy atom. The van der Waals surface area contributed by atoms with Crippen molar-refractivity contribution >= 4 is 23.8 Å². The van der Waals surface area contributed by atoms with E-state index in [1.54, 1.807) is 43.9 Å². The molecule has 0 fully saturated rings. The van der Waals surface area contributed by atoms with Crippen LogP contribution in [0.5, 0.6) is 0 Å². The first-order valence-electron chi connectivity index (χ1n) is 12.2. The van der Waals surface area contributed by atoms with E-state index in [2.05, 4.69) is 5.32 Å². The summed E-state index contributed by atoms with van der Waals surface area (Å²) in [6.45, 7) is 5.11. The number of allylic oxidation sites excluding steroid dienone is 3. The molecule has 0 bridgehead atoms. The van der Waals surface area contributed by atoms with Crippen molar-refractivity contribution in [3.63, 3.8) is 0 Å². The molecule has 8 heteroatoms. The van der Waals surface area contributed by atoms with Crippen LogP contribution in [0.15, 0.2) is 96.0 Å². The van der Waals surface area contributed by atoms with E-state index >= 15 is 0 Å². The molecule has 3 rings (SSSR count). The Labute approximate surface area is 222 Å². The van der Waals surface area contributed by atoms with Gasteiger partial charge in [-0.3, -0.25) is 4.79 Å². The summed E-state index contributed by atoms with van der Waals surface area (Å²) in [6.07, 6.45) is 4.91. The molecular formula is C30H31N3O5. The van der Waals surface area contributed by atoms with E-state index in [-0.39, 0.29) is 29.8 Å². The summed E-state index contributed by atoms with van der Waals surface area (Å²) in [5, 5.41) is 2.65. The molecule has 8 nitrogen and oxygen atoms in total. The van der Waals surface area contributed by atoms with Crippen molar-refractivity contribution in [1.29, 1.82) is 0 Å². The number of amides is 1. The SMILES string of the molecule is CC(C)(C)OC(=O)C(CCC(N)=C=O)NC(=O)C1=CC=CN(C(c2ccccc2)c2ccccc2)C1=C=O. The number of nitrogens with one attached hydrogen (secondary N) is 1. The minimum Gasteiger partial charge on any atom is -0.458 e. The van der Waals surface area contributed by atoms with Gasteiger partial charge in [0.1, 0.15) is 23.3 Å². The van der Waals surface area contributed by atoms with Crippen molar-refractivity contribution in [2.75, 3.05) is 0 Å².